The van der Waals surface area contributed by atoms with Crippen LogP contribution in [-0.2, 0) is 10.0 Å². The molecular formula is C20H22BrFN2O3S. The minimum atomic E-state index is -3.83. The Hall–Kier alpha value is -1.77. The molecule has 0 radical (unpaired) electrons. The average molecular weight is 469 g/mol. The molecule has 3 rings (SSSR count). The van der Waals surface area contributed by atoms with Crippen LogP contribution in [0.15, 0.2) is 51.8 Å². The summed E-state index contributed by atoms with van der Waals surface area (Å²) in [5.74, 6) is -1.48. The first-order chi connectivity index (χ1) is 13.3. The summed E-state index contributed by atoms with van der Waals surface area (Å²) in [7, 11) is -3.83. The number of benzene rings is 2. The van der Waals surface area contributed by atoms with Crippen LogP contribution in [0.4, 0.5) is 10.1 Å². The lowest BCUT2D eigenvalue weighted by atomic mass is 10.1. The molecule has 150 valence electrons. The highest BCUT2D eigenvalue weighted by Gasteiger charge is 2.23. The van der Waals surface area contributed by atoms with E-state index in [1.54, 1.807) is 24.3 Å². The molecule has 1 saturated carbocycles. The lowest BCUT2D eigenvalue weighted by Gasteiger charge is -2.17. The van der Waals surface area contributed by atoms with E-state index in [1.807, 2.05) is 0 Å². The Morgan fingerprint density at radius 2 is 1.64 bits per heavy atom. The molecule has 8 heteroatoms. The summed E-state index contributed by atoms with van der Waals surface area (Å²) in [5, 5.41) is 2.58. The van der Waals surface area contributed by atoms with Crippen molar-refractivity contribution in [1.29, 1.82) is 0 Å². The molecule has 1 fully saturated rings. The molecule has 0 heterocycles. The first-order valence-electron chi connectivity index (χ1n) is 9.24. The quantitative estimate of drug-likeness (QED) is 0.616. The van der Waals surface area contributed by atoms with Crippen LogP contribution in [0, 0.1) is 5.82 Å². The van der Waals surface area contributed by atoms with Crippen molar-refractivity contribution < 1.29 is 17.6 Å². The van der Waals surface area contributed by atoms with Crippen LogP contribution < -0.4 is 10.0 Å². The van der Waals surface area contributed by atoms with Crippen LogP contribution in [0.5, 0.6) is 0 Å². The molecule has 0 bridgehead atoms. The van der Waals surface area contributed by atoms with Crippen LogP contribution >= 0.6 is 15.9 Å². The van der Waals surface area contributed by atoms with E-state index >= 15 is 0 Å². The number of hydrogen-bond acceptors (Lipinski definition) is 3. The Morgan fingerprint density at radius 1 is 1.00 bits per heavy atom. The van der Waals surface area contributed by atoms with E-state index in [0.29, 0.717) is 5.69 Å². The average Bonchev–Trinajstić information content (AvgIpc) is 2.92. The van der Waals surface area contributed by atoms with Gasteiger partial charge in [0.15, 0.2) is 0 Å². The normalized spacial score (nSPS) is 15.8. The van der Waals surface area contributed by atoms with E-state index < -0.39 is 21.7 Å². The highest BCUT2D eigenvalue weighted by Crippen LogP contribution is 2.22. The number of hydrogen-bond donors (Lipinski definition) is 2. The molecule has 0 atom stereocenters. The number of amides is 1. The van der Waals surface area contributed by atoms with Gasteiger partial charge in [0, 0.05) is 16.2 Å². The Balaban J connectivity index is 1.79. The highest BCUT2D eigenvalue weighted by atomic mass is 79.9. The van der Waals surface area contributed by atoms with Crippen molar-refractivity contribution in [2.24, 2.45) is 0 Å². The monoisotopic (exact) mass is 468 g/mol. The third-order valence-electron chi connectivity index (χ3n) is 4.77. The topological polar surface area (TPSA) is 75.3 Å². The van der Waals surface area contributed by atoms with E-state index in [4.69, 9.17) is 0 Å². The molecule has 0 saturated heterocycles. The Morgan fingerprint density at radius 3 is 2.29 bits per heavy atom. The van der Waals surface area contributed by atoms with E-state index in [0.717, 1.165) is 55.1 Å². The summed E-state index contributed by atoms with van der Waals surface area (Å²) < 4.78 is 43.2. The van der Waals surface area contributed by atoms with Gasteiger partial charge in [-0.3, -0.25) is 4.79 Å². The second-order valence-electron chi connectivity index (χ2n) is 6.91. The van der Waals surface area contributed by atoms with Gasteiger partial charge in [-0.05, 0) is 55.3 Å². The second kappa shape index (κ2) is 9.15. The zero-order chi connectivity index (χ0) is 20.1. The van der Waals surface area contributed by atoms with Crippen molar-refractivity contribution in [2.45, 2.75) is 49.5 Å². The maximum absolute atomic E-state index is 14.2. The van der Waals surface area contributed by atoms with Crippen molar-refractivity contribution >= 4 is 37.5 Å². The first kappa shape index (κ1) is 21.0. The lowest BCUT2D eigenvalue weighted by molar-refractivity contribution is 0.102. The minimum absolute atomic E-state index is 0.112. The number of carbonyl (C=O) groups excluding carboxylic acids is 1. The summed E-state index contributed by atoms with van der Waals surface area (Å²) in [6, 6.07) is 9.96. The van der Waals surface area contributed by atoms with Gasteiger partial charge in [0.2, 0.25) is 10.0 Å². The molecule has 5 nitrogen and oxygen atoms in total. The van der Waals surface area contributed by atoms with Crippen molar-refractivity contribution in [3.8, 4) is 0 Å². The number of anilines is 1. The maximum atomic E-state index is 14.2. The molecule has 1 amide bonds. The second-order valence-corrected chi connectivity index (χ2v) is 9.54. The standard InChI is InChI=1S/C20H22BrFN2O3S/c21-14-7-9-15(10-8-14)23-20(25)18-13-17(11-12-19(18)22)28(26,27)24-16-5-3-1-2-4-6-16/h7-13,16,24H,1-6H2,(H,23,25). The van der Waals surface area contributed by atoms with Crippen LogP contribution in [0.2, 0.25) is 0 Å². The van der Waals surface area contributed by atoms with Gasteiger partial charge in [-0.2, -0.15) is 0 Å². The molecular weight excluding hydrogens is 447 g/mol. The third-order valence-corrected chi connectivity index (χ3v) is 6.82. The van der Waals surface area contributed by atoms with Crippen molar-refractivity contribution in [3.63, 3.8) is 0 Å². The zero-order valence-corrected chi connectivity index (χ0v) is 17.7. The van der Waals surface area contributed by atoms with Crippen molar-refractivity contribution in [1.82, 2.24) is 4.72 Å². The first-order valence-corrected chi connectivity index (χ1v) is 11.5. The molecule has 28 heavy (non-hydrogen) atoms. The van der Waals surface area contributed by atoms with Crippen molar-refractivity contribution in [2.75, 3.05) is 5.32 Å². The fourth-order valence-corrected chi connectivity index (χ4v) is 4.86. The molecule has 2 N–H and O–H groups in total. The van der Waals surface area contributed by atoms with Gasteiger partial charge < -0.3 is 5.32 Å². The summed E-state index contributed by atoms with van der Waals surface area (Å²) >= 11 is 3.30. The maximum Gasteiger partial charge on any atom is 0.258 e. The molecule has 0 unspecified atom stereocenters. The fraction of sp³-hybridized carbons (Fsp3) is 0.350. The van der Waals surface area contributed by atoms with Crippen LogP contribution in [0.1, 0.15) is 48.9 Å². The van der Waals surface area contributed by atoms with Gasteiger partial charge in [0.1, 0.15) is 5.82 Å². The summed E-state index contributed by atoms with van der Waals surface area (Å²) in [4.78, 5) is 12.3. The van der Waals surface area contributed by atoms with E-state index in [9.17, 15) is 17.6 Å². The SMILES string of the molecule is O=C(Nc1ccc(Br)cc1)c1cc(S(=O)(=O)NC2CCCCCC2)ccc1F. The van der Waals surface area contributed by atoms with Gasteiger partial charge in [0.25, 0.3) is 5.91 Å². The van der Waals surface area contributed by atoms with Gasteiger partial charge in [-0.15, -0.1) is 0 Å². The molecule has 1 aliphatic carbocycles. The Labute approximate surface area is 172 Å². The van der Waals surface area contributed by atoms with Crippen LogP contribution in [0.25, 0.3) is 0 Å². The van der Waals surface area contributed by atoms with Crippen LogP contribution in [-0.4, -0.2) is 20.4 Å². The minimum Gasteiger partial charge on any atom is -0.322 e. The molecule has 2 aromatic rings. The molecule has 0 spiro atoms. The van der Waals surface area contributed by atoms with Gasteiger partial charge in [-0.25, -0.2) is 17.5 Å². The predicted molar refractivity (Wildman–Crippen MR) is 110 cm³/mol. The van der Waals surface area contributed by atoms with Crippen LogP contribution in [0.3, 0.4) is 0 Å². The number of nitrogens with one attached hydrogen (secondary N) is 2. The summed E-state index contributed by atoms with van der Waals surface area (Å²) in [6.07, 6.45) is 5.76. The molecule has 1 aliphatic rings. The largest absolute Gasteiger partial charge is 0.322 e. The predicted octanol–water partition coefficient (Wildman–Crippen LogP) is 4.84. The molecule has 0 aromatic heterocycles. The zero-order valence-electron chi connectivity index (χ0n) is 15.3. The Bertz CT molecular complexity index is 940. The smallest absolute Gasteiger partial charge is 0.258 e. The Kier molecular flexibility index (Phi) is 6.85. The number of sulfonamides is 1. The molecule has 2 aromatic carbocycles. The van der Waals surface area contributed by atoms with Gasteiger partial charge in [0.05, 0.1) is 10.5 Å². The lowest BCUT2D eigenvalue weighted by Crippen LogP contribution is -2.34. The summed E-state index contributed by atoms with van der Waals surface area (Å²) in [5.41, 5.74) is 0.170. The molecule has 0 aliphatic heterocycles. The highest BCUT2D eigenvalue weighted by molar-refractivity contribution is 9.10. The van der Waals surface area contributed by atoms with E-state index in [1.165, 1.54) is 6.07 Å². The number of rotatable bonds is 5. The van der Waals surface area contributed by atoms with Gasteiger partial charge in [-0.1, -0.05) is 41.6 Å². The van der Waals surface area contributed by atoms with Gasteiger partial charge >= 0.3 is 0 Å². The third kappa shape index (κ3) is 5.40. The number of carbonyl (C=O) groups is 1. The van der Waals surface area contributed by atoms with E-state index in [-0.39, 0.29) is 16.5 Å². The number of halogens is 2. The van der Waals surface area contributed by atoms with Crippen molar-refractivity contribution in [3.05, 3.63) is 58.3 Å². The van der Waals surface area contributed by atoms with E-state index in [2.05, 4.69) is 26.0 Å². The fourth-order valence-electron chi connectivity index (χ4n) is 3.26. The summed E-state index contributed by atoms with van der Waals surface area (Å²) in [6.45, 7) is 0.